The van der Waals surface area contributed by atoms with E-state index in [4.69, 9.17) is 14.2 Å². The number of carbonyl (C=O) groups is 3. The Morgan fingerprint density at radius 1 is 1.02 bits per heavy atom. The normalized spacial score (nSPS) is 11.8. The summed E-state index contributed by atoms with van der Waals surface area (Å²) in [6.45, 7) is 3.10. The first kappa shape index (κ1) is 26.9. The van der Waals surface area contributed by atoms with Gasteiger partial charge >= 0.3 is 5.97 Å². The lowest BCUT2D eigenvalue weighted by Gasteiger charge is -2.11. The van der Waals surface area contributed by atoms with Gasteiger partial charge in [-0.2, -0.15) is 0 Å². The smallest absolute Gasteiger partial charge is 0.341 e. The number of hydrogen-bond acceptors (Lipinski definition) is 8. The van der Waals surface area contributed by atoms with Gasteiger partial charge in [0.2, 0.25) is 18.5 Å². The molecule has 0 spiro atoms. The summed E-state index contributed by atoms with van der Waals surface area (Å²) in [4.78, 5) is 42.5. The predicted molar refractivity (Wildman–Crippen MR) is 146 cm³/mol. The van der Waals surface area contributed by atoms with Crippen LogP contribution in [-0.4, -0.2) is 46.4 Å². The molecule has 0 unspecified atom stereocenters. The molecule has 1 aliphatic heterocycles. The molecule has 11 heteroatoms. The van der Waals surface area contributed by atoms with Crippen molar-refractivity contribution in [2.45, 2.75) is 18.9 Å². The minimum atomic E-state index is -0.747. The van der Waals surface area contributed by atoms with Gasteiger partial charge in [-0.25, -0.2) is 14.2 Å². The quantitative estimate of drug-likeness (QED) is 0.170. The number of aryl methyl sites for hydroxylation is 1. The number of benzene rings is 2. The number of aromatic nitrogens is 2. The lowest BCUT2D eigenvalue weighted by atomic mass is 10.1. The second-order valence-corrected chi connectivity index (χ2v) is 9.80. The summed E-state index contributed by atoms with van der Waals surface area (Å²) < 4.78 is 31.9. The van der Waals surface area contributed by atoms with Gasteiger partial charge in [-0.05, 0) is 56.3 Å². The third kappa shape index (κ3) is 5.69. The van der Waals surface area contributed by atoms with Crippen LogP contribution in [0.25, 0.3) is 5.69 Å². The first-order valence-corrected chi connectivity index (χ1v) is 13.2. The summed E-state index contributed by atoms with van der Waals surface area (Å²) in [5.74, 6) is -0.769. The number of pyridine rings is 1. The number of nitrogens with zero attached hydrogens (tertiary/aromatic N) is 2. The minimum Gasteiger partial charge on any atom is -0.454 e. The molecule has 1 amide bonds. The topological polar surface area (TPSA) is 109 Å². The summed E-state index contributed by atoms with van der Waals surface area (Å²) in [7, 11) is 0. The van der Waals surface area contributed by atoms with E-state index in [1.54, 1.807) is 66.9 Å². The molecule has 1 N–H and O–H groups in total. The van der Waals surface area contributed by atoms with Gasteiger partial charge in [0.15, 0.2) is 18.1 Å². The molecule has 2 aromatic heterocycles. The number of carbonyl (C=O) groups excluding carboxylic acids is 3. The van der Waals surface area contributed by atoms with Crippen LogP contribution in [0.4, 0.5) is 10.1 Å². The molecule has 0 saturated heterocycles. The van der Waals surface area contributed by atoms with Crippen molar-refractivity contribution in [3.63, 3.8) is 0 Å². The number of halogens is 1. The molecule has 40 heavy (non-hydrogen) atoms. The molecule has 0 radical (unpaired) electrons. The minimum absolute atomic E-state index is 0.0211. The Bertz CT molecular complexity index is 1620. The number of ketones is 1. The third-order valence-electron chi connectivity index (χ3n) is 6.15. The molecule has 204 valence electrons. The molecular formula is C29H24FN3O6S. The van der Waals surface area contributed by atoms with Gasteiger partial charge in [0.05, 0.1) is 17.0 Å². The number of thioether (sulfide) groups is 1. The Balaban J connectivity index is 1.20. The van der Waals surface area contributed by atoms with Crippen LogP contribution in [0.15, 0.2) is 71.9 Å². The van der Waals surface area contributed by atoms with E-state index in [2.05, 4.69) is 10.3 Å². The molecule has 1 aliphatic rings. The van der Waals surface area contributed by atoms with Gasteiger partial charge in [0.25, 0.3) is 0 Å². The van der Waals surface area contributed by atoms with Gasteiger partial charge in [0, 0.05) is 34.9 Å². The maximum absolute atomic E-state index is 14.4. The fourth-order valence-electron chi connectivity index (χ4n) is 4.30. The maximum atomic E-state index is 14.4. The van der Waals surface area contributed by atoms with Crippen LogP contribution in [0.5, 0.6) is 11.5 Å². The van der Waals surface area contributed by atoms with Crippen molar-refractivity contribution in [1.82, 2.24) is 9.55 Å². The van der Waals surface area contributed by atoms with E-state index in [0.29, 0.717) is 44.9 Å². The van der Waals surface area contributed by atoms with Crippen LogP contribution in [0.2, 0.25) is 0 Å². The van der Waals surface area contributed by atoms with Crippen molar-refractivity contribution >= 4 is 35.1 Å². The van der Waals surface area contributed by atoms with Crippen molar-refractivity contribution in [1.29, 1.82) is 0 Å². The van der Waals surface area contributed by atoms with E-state index in [1.807, 2.05) is 0 Å². The number of nitrogens with one attached hydrogen (secondary N) is 1. The Kier molecular flexibility index (Phi) is 7.83. The molecule has 3 heterocycles. The number of anilines is 1. The highest BCUT2D eigenvalue weighted by molar-refractivity contribution is 8.00. The SMILES string of the molecule is Cc1cc(C(=O)COC(=O)c2cccnc2SCC(=O)Nc2ccc3c(c2)OCO3)c(C)n1-c1ccccc1F. The number of amides is 1. The van der Waals surface area contributed by atoms with E-state index < -0.39 is 24.2 Å². The lowest BCUT2D eigenvalue weighted by molar-refractivity contribution is -0.113. The number of esters is 1. The van der Waals surface area contributed by atoms with Gasteiger partial charge < -0.3 is 24.1 Å². The number of fused-ring (bicyclic) bond motifs is 1. The predicted octanol–water partition coefficient (Wildman–Crippen LogP) is 5.13. The highest BCUT2D eigenvalue weighted by Gasteiger charge is 2.22. The van der Waals surface area contributed by atoms with Crippen molar-refractivity contribution < 1.29 is 33.0 Å². The van der Waals surface area contributed by atoms with E-state index in [1.165, 1.54) is 18.3 Å². The molecule has 0 bridgehead atoms. The molecule has 0 fully saturated rings. The van der Waals surface area contributed by atoms with Crippen LogP contribution in [0, 0.1) is 19.7 Å². The van der Waals surface area contributed by atoms with Crippen molar-refractivity contribution in [2.75, 3.05) is 24.5 Å². The lowest BCUT2D eigenvalue weighted by Crippen LogP contribution is -2.17. The summed E-state index contributed by atoms with van der Waals surface area (Å²) in [5.41, 5.74) is 2.54. The molecule has 0 atom stereocenters. The number of rotatable bonds is 9. The summed E-state index contributed by atoms with van der Waals surface area (Å²) in [6, 6.07) is 16.1. The fraction of sp³-hybridized carbons (Fsp3) is 0.172. The summed E-state index contributed by atoms with van der Waals surface area (Å²) in [6.07, 6.45) is 1.50. The van der Waals surface area contributed by atoms with Crippen molar-refractivity contribution in [3.05, 3.63) is 95.2 Å². The Hall–Kier alpha value is -4.64. The second kappa shape index (κ2) is 11.6. The van der Waals surface area contributed by atoms with Crippen molar-refractivity contribution in [3.8, 4) is 17.2 Å². The van der Waals surface area contributed by atoms with Crippen LogP contribution in [0.3, 0.4) is 0 Å². The number of para-hydroxylation sites is 1. The largest absolute Gasteiger partial charge is 0.454 e. The highest BCUT2D eigenvalue weighted by Crippen LogP contribution is 2.34. The molecular weight excluding hydrogens is 537 g/mol. The van der Waals surface area contributed by atoms with Crippen LogP contribution < -0.4 is 14.8 Å². The van der Waals surface area contributed by atoms with Crippen LogP contribution >= 0.6 is 11.8 Å². The highest BCUT2D eigenvalue weighted by atomic mass is 32.2. The monoisotopic (exact) mass is 561 g/mol. The van der Waals surface area contributed by atoms with Gasteiger partial charge in [-0.1, -0.05) is 23.9 Å². The van der Waals surface area contributed by atoms with Gasteiger partial charge in [0.1, 0.15) is 10.8 Å². The molecule has 0 saturated carbocycles. The number of ether oxygens (including phenoxy) is 3. The Morgan fingerprint density at radius 2 is 1.82 bits per heavy atom. The molecule has 2 aromatic carbocycles. The van der Waals surface area contributed by atoms with Crippen LogP contribution in [0.1, 0.15) is 32.1 Å². The first-order valence-electron chi connectivity index (χ1n) is 12.2. The van der Waals surface area contributed by atoms with E-state index >= 15 is 0 Å². The van der Waals surface area contributed by atoms with E-state index in [-0.39, 0.29) is 24.0 Å². The zero-order chi connectivity index (χ0) is 28.2. The number of hydrogen-bond donors (Lipinski definition) is 1. The molecule has 5 rings (SSSR count). The van der Waals surface area contributed by atoms with Crippen LogP contribution in [-0.2, 0) is 9.53 Å². The van der Waals surface area contributed by atoms with E-state index in [9.17, 15) is 18.8 Å². The Morgan fingerprint density at radius 3 is 2.65 bits per heavy atom. The Labute approximate surface area is 233 Å². The average Bonchev–Trinajstić information content (AvgIpc) is 3.54. The standard InChI is InChI=1S/C29H24FN3O6S/c1-17-12-21(18(2)33(17)23-8-4-3-7-22(23)30)24(34)14-37-29(36)20-6-5-11-31-28(20)40-15-27(35)32-19-9-10-25-26(13-19)39-16-38-25/h3-13H,14-16H2,1-2H3,(H,32,35). The summed E-state index contributed by atoms with van der Waals surface area (Å²) in [5, 5.41) is 3.06. The molecule has 9 nitrogen and oxygen atoms in total. The van der Waals surface area contributed by atoms with Gasteiger partial charge in [-0.15, -0.1) is 0 Å². The fourth-order valence-corrected chi connectivity index (χ4v) is 5.08. The number of Topliss-reactive ketones (excluding diaryl/α,β-unsaturated/α-hetero) is 1. The second-order valence-electron chi connectivity index (χ2n) is 8.83. The third-order valence-corrected chi connectivity index (χ3v) is 7.15. The molecule has 0 aliphatic carbocycles. The van der Waals surface area contributed by atoms with E-state index in [0.717, 1.165) is 11.8 Å². The first-order chi connectivity index (χ1) is 19.3. The maximum Gasteiger partial charge on any atom is 0.341 e. The zero-order valence-electron chi connectivity index (χ0n) is 21.6. The zero-order valence-corrected chi connectivity index (χ0v) is 22.4. The van der Waals surface area contributed by atoms with Gasteiger partial charge in [-0.3, -0.25) is 9.59 Å². The average molecular weight is 562 g/mol. The molecule has 4 aromatic rings. The van der Waals surface area contributed by atoms with Crippen molar-refractivity contribution in [2.24, 2.45) is 0 Å². The summed E-state index contributed by atoms with van der Waals surface area (Å²) >= 11 is 1.06.